The van der Waals surface area contributed by atoms with E-state index in [0.717, 1.165) is 61.6 Å². The number of rotatable bonds is 4. The summed E-state index contributed by atoms with van der Waals surface area (Å²) in [6.45, 7) is 3.93. The Morgan fingerprint density at radius 2 is 1.71 bits per heavy atom. The van der Waals surface area contributed by atoms with Crippen molar-refractivity contribution in [1.29, 1.82) is 0 Å². The zero-order valence-electron chi connectivity index (χ0n) is 17.9. The highest BCUT2D eigenvalue weighted by molar-refractivity contribution is 6.04. The van der Waals surface area contributed by atoms with E-state index in [0.29, 0.717) is 5.69 Å². The van der Waals surface area contributed by atoms with Gasteiger partial charge in [-0.1, -0.05) is 31.0 Å². The van der Waals surface area contributed by atoms with Crippen molar-refractivity contribution in [3.63, 3.8) is 0 Å². The highest BCUT2D eigenvalue weighted by Gasteiger charge is 2.23. The zero-order valence-corrected chi connectivity index (χ0v) is 17.9. The van der Waals surface area contributed by atoms with Crippen molar-refractivity contribution >= 4 is 22.8 Å². The first-order valence-electron chi connectivity index (χ1n) is 11.5. The molecule has 2 aromatic heterocycles. The van der Waals surface area contributed by atoms with Crippen LogP contribution in [0.3, 0.4) is 0 Å². The molecule has 0 spiro atoms. The Balaban J connectivity index is 1.53. The number of nitrogens with one attached hydrogen (secondary N) is 2. The number of pyridine rings is 1. The molecular weight excluding hydrogens is 388 g/mol. The fourth-order valence-corrected chi connectivity index (χ4v) is 4.60. The average Bonchev–Trinajstić information content (AvgIpc) is 2.99. The molecule has 0 saturated carbocycles. The molecule has 31 heavy (non-hydrogen) atoms. The highest BCUT2D eigenvalue weighted by Crippen LogP contribution is 2.26. The summed E-state index contributed by atoms with van der Waals surface area (Å²) in [5.41, 5.74) is 2.10. The second kappa shape index (κ2) is 9.06. The first kappa shape index (κ1) is 20.0. The number of fused-ring (bicyclic) bond motifs is 1. The van der Waals surface area contributed by atoms with E-state index in [-0.39, 0.29) is 11.9 Å². The number of anilines is 1. The van der Waals surface area contributed by atoms with Gasteiger partial charge in [0.15, 0.2) is 11.3 Å². The SMILES string of the molecule is O=C(NC1CCNCC1)c1nn(-c2ccccc2)c2nc(N3CCCCCC3)ccc12. The number of para-hydroxylation sites is 1. The van der Waals surface area contributed by atoms with Gasteiger partial charge in [0.05, 0.1) is 11.1 Å². The number of piperidine rings is 1. The highest BCUT2D eigenvalue weighted by atomic mass is 16.2. The fraction of sp³-hybridized carbons (Fsp3) is 0.458. The van der Waals surface area contributed by atoms with Crippen LogP contribution in [0.15, 0.2) is 42.5 Å². The second-order valence-corrected chi connectivity index (χ2v) is 8.54. The minimum Gasteiger partial charge on any atom is -0.357 e. The lowest BCUT2D eigenvalue weighted by molar-refractivity contribution is 0.0925. The number of hydrogen-bond donors (Lipinski definition) is 2. The van der Waals surface area contributed by atoms with Crippen LogP contribution in [0.1, 0.15) is 49.0 Å². The first-order chi connectivity index (χ1) is 15.3. The van der Waals surface area contributed by atoms with Crippen molar-refractivity contribution in [1.82, 2.24) is 25.4 Å². The van der Waals surface area contributed by atoms with Crippen LogP contribution >= 0.6 is 0 Å². The number of aromatic nitrogens is 3. The standard InChI is InChI=1S/C24H30N6O/c31-24(26-18-12-14-25-15-13-18)22-20-10-11-21(29-16-6-1-2-7-17-29)27-23(20)30(28-22)19-8-4-3-5-9-19/h3-5,8-11,18,25H,1-2,6-7,12-17H2,(H,26,31). The van der Waals surface area contributed by atoms with Gasteiger partial charge < -0.3 is 15.5 Å². The summed E-state index contributed by atoms with van der Waals surface area (Å²) in [6.07, 6.45) is 6.84. The first-order valence-corrected chi connectivity index (χ1v) is 11.5. The molecule has 3 aromatic rings. The Kier molecular flexibility index (Phi) is 5.84. The maximum absolute atomic E-state index is 13.2. The van der Waals surface area contributed by atoms with Crippen molar-refractivity contribution in [2.24, 2.45) is 0 Å². The molecule has 1 aromatic carbocycles. The minimum absolute atomic E-state index is 0.115. The van der Waals surface area contributed by atoms with Crippen molar-refractivity contribution < 1.29 is 4.79 Å². The molecule has 0 bridgehead atoms. The lowest BCUT2D eigenvalue weighted by Gasteiger charge is -2.23. The molecule has 2 saturated heterocycles. The van der Waals surface area contributed by atoms with Gasteiger partial charge >= 0.3 is 0 Å². The molecule has 0 radical (unpaired) electrons. The lowest BCUT2D eigenvalue weighted by Crippen LogP contribution is -2.42. The van der Waals surface area contributed by atoms with Crippen molar-refractivity contribution in [2.45, 2.75) is 44.6 Å². The topological polar surface area (TPSA) is 75.1 Å². The summed E-state index contributed by atoms with van der Waals surface area (Å²) in [4.78, 5) is 20.5. The van der Waals surface area contributed by atoms with Gasteiger partial charge in [0.1, 0.15) is 5.82 Å². The summed E-state index contributed by atoms with van der Waals surface area (Å²) >= 11 is 0. The summed E-state index contributed by atoms with van der Waals surface area (Å²) in [6, 6.07) is 14.2. The smallest absolute Gasteiger partial charge is 0.272 e. The van der Waals surface area contributed by atoms with E-state index in [1.54, 1.807) is 0 Å². The van der Waals surface area contributed by atoms with E-state index in [2.05, 4.69) is 15.5 Å². The van der Waals surface area contributed by atoms with E-state index >= 15 is 0 Å². The van der Waals surface area contributed by atoms with Crippen LogP contribution in [-0.2, 0) is 0 Å². The third-order valence-corrected chi connectivity index (χ3v) is 6.34. The van der Waals surface area contributed by atoms with Crippen LogP contribution < -0.4 is 15.5 Å². The summed E-state index contributed by atoms with van der Waals surface area (Å²) in [5, 5.41) is 12.1. The van der Waals surface area contributed by atoms with Crippen LogP contribution in [0.25, 0.3) is 16.7 Å². The van der Waals surface area contributed by atoms with Crippen molar-refractivity contribution in [2.75, 3.05) is 31.1 Å². The van der Waals surface area contributed by atoms with E-state index in [1.807, 2.05) is 47.1 Å². The number of hydrogen-bond acceptors (Lipinski definition) is 5. The zero-order chi connectivity index (χ0) is 21.0. The number of benzene rings is 1. The molecule has 7 nitrogen and oxygen atoms in total. The molecule has 5 rings (SSSR count). The summed E-state index contributed by atoms with van der Waals surface area (Å²) < 4.78 is 1.81. The maximum atomic E-state index is 13.2. The molecule has 2 aliphatic heterocycles. The molecule has 2 N–H and O–H groups in total. The number of amides is 1. The summed E-state index contributed by atoms with van der Waals surface area (Å²) in [7, 11) is 0. The molecule has 0 aliphatic carbocycles. The molecule has 0 atom stereocenters. The van der Waals surface area contributed by atoms with E-state index in [9.17, 15) is 4.79 Å². The van der Waals surface area contributed by atoms with Gasteiger partial charge in [-0.25, -0.2) is 9.67 Å². The molecule has 1 amide bonds. The van der Waals surface area contributed by atoms with Crippen molar-refractivity contribution in [3.05, 3.63) is 48.2 Å². The Morgan fingerprint density at radius 3 is 2.45 bits per heavy atom. The van der Waals surface area contributed by atoms with Gasteiger partial charge in [-0.3, -0.25) is 4.79 Å². The molecule has 162 valence electrons. The fourth-order valence-electron chi connectivity index (χ4n) is 4.60. The Morgan fingerprint density at radius 1 is 0.968 bits per heavy atom. The Hall–Kier alpha value is -2.93. The maximum Gasteiger partial charge on any atom is 0.272 e. The third-order valence-electron chi connectivity index (χ3n) is 6.34. The van der Waals surface area contributed by atoms with Gasteiger partial charge in [-0.15, -0.1) is 0 Å². The second-order valence-electron chi connectivity index (χ2n) is 8.54. The minimum atomic E-state index is -0.115. The normalized spacial score (nSPS) is 18.1. The van der Waals surface area contributed by atoms with Crippen molar-refractivity contribution in [3.8, 4) is 5.69 Å². The van der Waals surface area contributed by atoms with Gasteiger partial charge in [0.2, 0.25) is 0 Å². The van der Waals surface area contributed by atoms with Crippen LogP contribution in [0.5, 0.6) is 0 Å². The number of carbonyl (C=O) groups excluding carboxylic acids is 1. The van der Waals surface area contributed by atoms with Gasteiger partial charge in [0, 0.05) is 19.1 Å². The quantitative estimate of drug-likeness (QED) is 0.680. The van der Waals surface area contributed by atoms with E-state index < -0.39 is 0 Å². The van der Waals surface area contributed by atoms with Gasteiger partial charge in [-0.2, -0.15) is 5.10 Å². The molecule has 0 unspecified atom stereocenters. The molecule has 2 fully saturated rings. The van der Waals surface area contributed by atoms with E-state index in [1.165, 1.54) is 25.7 Å². The molecular formula is C24H30N6O. The van der Waals surface area contributed by atoms with E-state index in [4.69, 9.17) is 10.1 Å². The predicted octanol–water partition coefficient (Wildman–Crippen LogP) is 3.28. The van der Waals surface area contributed by atoms with Gasteiger partial charge in [-0.05, 0) is 63.0 Å². The lowest BCUT2D eigenvalue weighted by atomic mass is 10.1. The average molecular weight is 419 g/mol. The van der Waals surface area contributed by atoms with Crippen LogP contribution in [0.2, 0.25) is 0 Å². The third kappa shape index (κ3) is 4.28. The summed E-state index contributed by atoms with van der Waals surface area (Å²) in [5.74, 6) is 0.854. The molecule has 2 aliphatic rings. The predicted molar refractivity (Wildman–Crippen MR) is 123 cm³/mol. The van der Waals surface area contributed by atoms with Crippen LogP contribution in [0, 0.1) is 0 Å². The van der Waals surface area contributed by atoms with Crippen LogP contribution in [-0.4, -0.2) is 52.9 Å². The Labute approximate surface area is 182 Å². The largest absolute Gasteiger partial charge is 0.357 e. The van der Waals surface area contributed by atoms with Gasteiger partial charge in [0.25, 0.3) is 5.91 Å². The molecule has 7 heteroatoms. The molecule has 4 heterocycles. The number of nitrogens with zero attached hydrogens (tertiary/aromatic N) is 4. The van der Waals surface area contributed by atoms with Crippen LogP contribution in [0.4, 0.5) is 5.82 Å². The monoisotopic (exact) mass is 418 g/mol. The Bertz CT molecular complexity index is 1030. The number of carbonyl (C=O) groups is 1.